The summed E-state index contributed by atoms with van der Waals surface area (Å²) in [5.74, 6) is -0.984. The second-order valence-electron chi connectivity index (χ2n) is 10.1. The van der Waals surface area contributed by atoms with Crippen molar-refractivity contribution in [3.05, 3.63) is 90.1 Å². The number of ether oxygens (including phenoxy) is 1. The molecule has 5 aromatic rings. The van der Waals surface area contributed by atoms with Crippen LogP contribution in [-0.2, 0) is 11.2 Å². The monoisotopic (exact) mass is 508 g/mol. The third kappa shape index (κ3) is 5.34. The molecule has 0 unspecified atom stereocenters. The largest absolute Gasteiger partial charge is 0.478 e. The molecule has 0 saturated carbocycles. The van der Waals surface area contributed by atoms with Crippen molar-refractivity contribution in [2.75, 3.05) is 11.9 Å². The molecule has 8 heteroatoms. The normalized spacial score (nSPS) is 11.6. The molecule has 8 nitrogen and oxygen atoms in total. The number of anilines is 1. The number of fused-ring (bicyclic) bond motifs is 2. The minimum absolute atomic E-state index is 0.207. The van der Waals surface area contributed by atoms with E-state index in [-0.39, 0.29) is 5.56 Å². The second-order valence-corrected chi connectivity index (χ2v) is 10.1. The van der Waals surface area contributed by atoms with Gasteiger partial charge in [0.25, 0.3) is 0 Å². The number of carboxylic acid groups (broad SMARTS) is 1. The summed E-state index contributed by atoms with van der Waals surface area (Å²) in [7, 11) is 0. The minimum atomic E-state index is -0.984. The van der Waals surface area contributed by atoms with Crippen molar-refractivity contribution in [3.8, 4) is 11.3 Å². The molecule has 0 saturated heterocycles. The van der Waals surface area contributed by atoms with Crippen molar-refractivity contribution in [3.63, 3.8) is 0 Å². The highest BCUT2D eigenvalue weighted by Crippen LogP contribution is 2.32. The number of aromatic nitrogens is 3. The van der Waals surface area contributed by atoms with Crippen molar-refractivity contribution >= 4 is 39.6 Å². The third-order valence-corrected chi connectivity index (χ3v) is 6.04. The minimum Gasteiger partial charge on any atom is -0.478 e. The number of hydrogen-bond acceptors (Lipinski definition) is 6. The van der Waals surface area contributed by atoms with E-state index in [9.17, 15) is 14.7 Å². The van der Waals surface area contributed by atoms with Crippen LogP contribution in [-0.4, -0.2) is 44.1 Å². The van der Waals surface area contributed by atoms with Gasteiger partial charge < -0.3 is 15.2 Å². The van der Waals surface area contributed by atoms with Crippen LogP contribution in [0.15, 0.2) is 79.0 Å². The Bertz CT molecular complexity index is 1650. The Kier molecular flexibility index (Phi) is 6.55. The van der Waals surface area contributed by atoms with Gasteiger partial charge in [0.05, 0.1) is 34.2 Å². The average molecular weight is 509 g/mol. The average Bonchev–Trinajstić information content (AvgIpc) is 3.31. The number of carbonyl (C=O) groups excluding carboxylic acids is 1. The Morgan fingerprint density at radius 1 is 0.974 bits per heavy atom. The Balaban J connectivity index is 1.53. The maximum absolute atomic E-state index is 12.6. The van der Waals surface area contributed by atoms with Crippen LogP contribution in [0.3, 0.4) is 0 Å². The van der Waals surface area contributed by atoms with Gasteiger partial charge >= 0.3 is 12.1 Å². The number of nitrogens with one attached hydrogen (secondary N) is 1. The van der Waals surface area contributed by atoms with Crippen LogP contribution >= 0.6 is 0 Å². The van der Waals surface area contributed by atoms with Crippen LogP contribution in [0.1, 0.15) is 36.7 Å². The standard InChI is InChI=1S/C30H28N4O4/c1-30(2,3)38-29(37)34-26-12-10-20(15-23(26)18-32-34)27-25(31-14-13-19-7-5-4-6-8-19)17-22-16-21(28(35)36)9-11-24(22)33-27/h4-12,15-18,31H,13-14H2,1-3H3,(H,35,36). The van der Waals surface area contributed by atoms with Gasteiger partial charge in [0.2, 0.25) is 0 Å². The van der Waals surface area contributed by atoms with Gasteiger partial charge in [0, 0.05) is 22.9 Å². The summed E-state index contributed by atoms with van der Waals surface area (Å²) in [6.07, 6.45) is 1.90. The fourth-order valence-electron chi connectivity index (χ4n) is 4.28. The van der Waals surface area contributed by atoms with Gasteiger partial charge in [0.15, 0.2) is 0 Å². The molecule has 38 heavy (non-hydrogen) atoms. The number of hydrogen-bond donors (Lipinski definition) is 2. The van der Waals surface area contributed by atoms with Gasteiger partial charge in [-0.3, -0.25) is 0 Å². The van der Waals surface area contributed by atoms with Crippen LogP contribution < -0.4 is 5.32 Å². The summed E-state index contributed by atoms with van der Waals surface area (Å²) < 4.78 is 6.73. The molecule has 0 radical (unpaired) electrons. The van der Waals surface area contributed by atoms with E-state index < -0.39 is 17.7 Å². The fraction of sp³-hybridized carbons (Fsp3) is 0.200. The number of aromatic carboxylic acids is 1. The first-order chi connectivity index (χ1) is 18.2. The van der Waals surface area contributed by atoms with E-state index in [0.717, 1.165) is 34.1 Å². The number of nitrogens with zero attached hydrogens (tertiary/aromatic N) is 3. The van der Waals surface area contributed by atoms with Crippen molar-refractivity contribution < 1.29 is 19.4 Å². The number of carboxylic acids is 1. The number of rotatable bonds is 6. The van der Waals surface area contributed by atoms with Crippen LogP contribution in [0.5, 0.6) is 0 Å². The Morgan fingerprint density at radius 2 is 1.76 bits per heavy atom. The molecule has 0 amide bonds. The first-order valence-electron chi connectivity index (χ1n) is 12.4. The molecular weight excluding hydrogens is 480 g/mol. The molecule has 5 rings (SSSR count). The van der Waals surface area contributed by atoms with E-state index in [4.69, 9.17) is 9.72 Å². The smallest absolute Gasteiger partial charge is 0.435 e. The second kappa shape index (κ2) is 9.97. The zero-order valence-electron chi connectivity index (χ0n) is 21.4. The fourth-order valence-corrected chi connectivity index (χ4v) is 4.28. The zero-order valence-corrected chi connectivity index (χ0v) is 21.4. The van der Waals surface area contributed by atoms with Gasteiger partial charge in [-0.2, -0.15) is 9.78 Å². The number of benzene rings is 3. The molecule has 2 N–H and O–H groups in total. The van der Waals surface area contributed by atoms with E-state index in [1.807, 2.05) is 63.2 Å². The third-order valence-electron chi connectivity index (χ3n) is 6.04. The topological polar surface area (TPSA) is 106 Å². The lowest BCUT2D eigenvalue weighted by molar-refractivity contribution is 0.0522. The van der Waals surface area contributed by atoms with Gasteiger partial charge in [-0.05, 0) is 69.2 Å². The van der Waals surface area contributed by atoms with Crippen LogP contribution in [0.2, 0.25) is 0 Å². The lowest BCUT2D eigenvalue weighted by Crippen LogP contribution is -2.27. The lowest BCUT2D eigenvalue weighted by Gasteiger charge is -2.19. The molecule has 0 aliphatic carbocycles. The van der Waals surface area contributed by atoms with Crippen LogP contribution in [0.25, 0.3) is 33.1 Å². The predicted molar refractivity (Wildman–Crippen MR) is 148 cm³/mol. The predicted octanol–water partition coefficient (Wildman–Crippen LogP) is 6.39. The van der Waals surface area contributed by atoms with Crippen LogP contribution in [0.4, 0.5) is 10.5 Å². The molecular formula is C30H28N4O4. The SMILES string of the molecule is CC(C)(C)OC(=O)n1ncc2cc(-c3nc4ccc(C(=O)O)cc4cc3NCCc3ccccc3)ccc21. The van der Waals surface area contributed by atoms with E-state index in [1.54, 1.807) is 24.4 Å². The molecule has 2 aromatic heterocycles. The highest BCUT2D eigenvalue weighted by Gasteiger charge is 2.20. The van der Waals surface area contributed by atoms with E-state index in [2.05, 4.69) is 22.5 Å². The number of carbonyl (C=O) groups is 2. The summed E-state index contributed by atoms with van der Waals surface area (Å²) in [6, 6.07) is 22.7. The van der Waals surface area contributed by atoms with E-state index >= 15 is 0 Å². The van der Waals surface area contributed by atoms with Gasteiger partial charge in [-0.15, -0.1) is 0 Å². The first-order valence-corrected chi connectivity index (χ1v) is 12.4. The molecule has 0 bridgehead atoms. The van der Waals surface area contributed by atoms with Gasteiger partial charge in [-0.25, -0.2) is 14.6 Å². The summed E-state index contributed by atoms with van der Waals surface area (Å²) in [4.78, 5) is 29.0. The highest BCUT2D eigenvalue weighted by molar-refractivity contribution is 5.97. The molecule has 0 atom stereocenters. The molecule has 2 heterocycles. The number of pyridine rings is 1. The Hall–Kier alpha value is -4.72. The summed E-state index contributed by atoms with van der Waals surface area (Å²) in [5, 5.41) is 18.7. The van der Waals surface area contributed by atoms with E-state index in [1.165, 1.54) is 10.2 Å². The van der Waals surface area contributed by atoms with Crippen molar-refractivity contribution in [2.45, 2.75) is 32.8 Å². The molecule has 3 aromatic carbocycles. The highest BCUT2D eigenvalue weighted by atomic mass is 16.6. The first kappa shape index (κ1) is 25.0. The maximum atomic E-state index is 12.6. The molecule has 192 valence electrons. The van der Waals surface area contributed by atoms with Crippen molar-refractivity contribution in [1.82, 2.24) is 14.8 Å². The molecule has 0 aliphatic rings. The summed E-state index contributed by atoms with van der Waals surface area (Å²) in [5.41, 5.74) is 4.45. The Labute approximate surface area is 219 Å². The summed E-state index contributed by atoms with van der Waals surface area (Å²) >= 11 is 0. The quantitative estimate of drug-likeness (QED) is 0.274. The Morgan fingerprint density at radius 3 is 2.50 bits per heavy atom. The summed E-state index contributed by atoms with van der Waals surface area (Å²) in [6.45, 7) is 6.10. The van der Waals surface area contributed by atoms with Crippen molar-refractivity contribution in [2.24, 2.45) is 0 Å². The maximum Gasteiger partial charge on any atom is 0.435 e. The molecule has 0 aliphatic heterocycles. The van der Waals surface area contributed by atoms with E-state index in [0.29, 0.717) is 17.6 Å². The van der Waals surface area contributed by atoms with Crippen LogP contribution in [0, 0.1) is 0 Å². The lowest BCUT2D eigenvalue weighted by atomic mass is 10.0. The molecule has 0 fully saturated rings. The van der Waals surface area contributed by atoms with Crippen molar-refractivity contribution in [1.29, 1.82) is 0 Å². The molecule has 0 spiro atoms. The van der Waals surface area contributed by atoms with Gasteiger partial charge in [-0.1, -0.05) is 36.4 Å². The van der Waals surface area contributed by atoms with Gasteiger partial charge in [0.1, 0.15) is 5.60 Å². The zero-order chi connectivity index (χ0) is 26.9.